The smallest absolute Gasteiger partial charge is 0.308 e. The van der Waals surface area contributed by atoms with Crippen molar-refractivity contribution in [3.8, 4) is 5.75 Å². The molecule has 0 radical (unpaired) electrons. The summed E-state index contributed by atoms with van der Waals surface area (Å²) in [5.74, 6) is -1.95. The molecule has 0 unspecified atom stereocenters. The minimum absolute atomic E-state index is 0.000592. The maximum Gasteiger partial charge on any atom is 0.308 e. The van der Waals surface area contributed by atoms with Crippen LogP contribution >= 0.6 is 0 Å². The largest absolute Gasteiger partial charge is 0.426 e. The van der Waals surface area contributed by atoms with E-state index >= 15 is 0 Å². The topological polar surface area (TPSA) is 119 Å². The lowest BCUT2D eigenvalue weighted by atomic mass is 10.1. The molecule has 0 atom stereocenters. The third-order valence-electron chi connectivity index (χ3n) is 3.66. The number of esters is 1. The van der Waals surface area contributed by atoms with Crippen LogP contribution in [0.4, 0.5) is 11.4 Å². The lowest BCUT2D eigenvalue weighted by molar-refractivity contribution is -0.384. The molecule has 1 saturated heterocycles. The molecule has 136 valence electrons. The fraction of sp³-hybridized carbons (Fsp3) is 0.0556. The van der Waals surface area contributed by atoms with Crippen molar-refractivity contribution in [3.63, 3.8) is 0 Å². The molecular formula is C18H13N3O6. The number of para-hydroxylation sites is 1. The zero-order valence-corrected chi connectivity index (χ0v) is 14.0. The van der Waals surface area contributed by atoms with Crippen molar-refractivity contribution in [1.82, 2.24) is 5.43 Å². The van der Waals surface area contributed by atoms with Crippen LogP contribution in [0.25, 0.3) is 6.08 Å². The van der Waals surface area contributed by atoms with Gasteiger partial charge in [0.05, 0.1) is 10.6 Å². The first kappa shape index (κ1) is 17.8. The zero-order valence-electron chi connectivity index (χ0n) is 14.0. The Kier molecular flexibility index (Phi) is 4.67. The fourth-order valence-corrected chi connectivity index (χ4v) is 2.48. The first-order valence-electron chi connectivity index (χ1n) is 7.76. The van der Waals surface area contributed by atoms with E-state index in [-0.39, 0.29) is 22.6 Å². The summed E-state index contributed by atoms with van der Waals surface area (Å²) in [5.41, 5.74) is 2.43. The van der Waals surface area contributed by atoms with E-state index in [4.69, 9.17) is 4.74 Å². The summed E-state index contributed by atoms with van der Waals surface area (Å²) in [6.07, 6.45) is 1.16. The van der Waals surface area contributed by atoms with Gasteiger partial charge in [-0.05, 0) is 24.3 Å². The predicted molar refractivity (Wildman–Crippen MR) is 94.5 cm³/mol. The lowest BCUT2D eigenvalue weighted by Crippen LogP contribution is -2.35. The van der Waals surface area contributed by atoms with Crippen molar-refractivity contribution in [2.24, 2.45) is 0 Å². The van der Waals surface area contributed by atoms with Gasteiger partial charge in [0.15, 0.2) is 0 Å². The number of rotatable bonds is 4. The highest BCUT2D eigenvalue weighted by Gasteiger charge is 2.34. The van der Waals surface area contributed by atoms with Gasteiger partial charge < -0.3 is 4.74 Å². The Morgan fingerprint density at radius 3 is 2.52 bits per heavy atom. The average Bonchev–Trinajstić information content (AvgIpc) is 2.91. The summed E-state index contributed by atoms with van der Waals surface area (Å²) in [5, 5.41) is 12.1. The Morgan fingerprint density at radius 2 is 1.89 bits per heavy atom. The number of hydrazine groups is 1. The van der Waals surface area contributed by atoms with E-state index in [1.165, 1.54) is 13.0 Å². The molecule has 0 aliphatic carbocycles. The molecule has 2 aromatic rings. The number of nitrogens with one attached hydrogen (secondary N) is 1. The monoisotopic (exact) mass is 367 g/mol. The number of amides is 2. The second-order valence-corrected chi connectivity index (χ2v) is 5.55. The van der Waals surface area contributed by atoms with Gasteiger partial charge in [0.1, 0.15) is 11.3 Å². The van der Waals surface area contributed by atoms with Crippen LogP contribution in [0.2, 0.25) is 0 Å². The average molecular weight is 367 g/mol. The third-order valence-corrected chi connectivity index (χ3v) is 3.66. The molecule has 2 amide bonds. The SMILES string of the molecule is CC(=O)Oc1ccc([N+](=O)[O-])cc1C=C1C(=O)NN(c2ccccc2)C1=O. The van der Waals surface area contributed by atoms with Gasteiger partial charge in [0.25, 0.3) is 17.5 Å². The Bertz CT molecular complexity index is 984. The van der Waals surface area contributed by atoms with Crippen molar-refractivity contribution < 1.29 is 24.0 Å². The third kappa shape index (κ3) is 3.66. The molecule has 0 bridgehead atoms. The number of nitro benzene ring substituents is 1. The molecular weight excluding hydrogens is 354 g/mol. The Morgan fingerprint density at radius 1 is 1.19 bits per heavy atom. The van der Waals surface area contributed by atoms with Gasteiger partial charge in [-0.1, -0.05) is 18.2 Å². The van der Waals surface area contributed by atoms with Crippen LogP contribution < -0.4 is 15.2 Å². The molecule has 0 spiro atoms. The van der Waals surface area contributed by atoms with Crippen LogP contribution in [0.3, 0.4) is 0 Å². The molecule has 2 aromatic carbocycles. The number of nitro groups is 1. The predicted octanol–water partition coefficient (Wildman–Crippen LogP) is 1.98. The first-order chi connectivity index (χ1) is 12.9. The highest BCUT2D eigenvalue weighted by molar-refractivity contribution is 6.31. The van der Waals surface area contributed by atoms with Gasteiger partial charge in [-0.15, -0.1) is 0 Å². The van der Waals surface area contributed by atoms with E-state index in [1.54, 1.807) is 30.3 Å². The molecule has 1 fully saturated rings. The van der Waals surface area contributed by atoms with Crippen molar-refractivity contribution >= 4 is 35.2 Å². The van der Waals surface area contributed by atoms with Gasteiger partial charge in [-0.25, -0.2) is 5.01 Å². The van der Waals surface area contributed by atoms with Crippen LogP contribution in [-0.2, 0) is 14.4 Å². The van der Waals surface area contributed by atoms with Crippen molar-refractivity contribution in [2.45, 2.75) is 6.92 Å². The van der Waals surface area contributed by atoms with Crippen LogP contribution in [0.1, 0.15) is 12.5 Å². The van der Waals surface area contributed by atoms with Crippen LogP contribution in [-0.4, -0.2) is 22.7 Å². The Hall–Kier alpha value is -4.01. The highest BCUT2D eigenvalue weighted by Crippen LogP contribution is 2.28. The van der Waals surface area contributed by atoms with Crippen molar-refractivity contribution in [3.05, 3.63) is 69.8 Å². The van der Waals surface area contributed by atoms with Gasteiger partial charge in [-0.2, -0.15) is 0 Å². The van der Waals surface area contributed by atoms with Crippen molar-refractivity contribution in [1.29, 1.82) is 0 Å². The quantitative estimate of drug-likeness (QED) is 0.220. The van der Waals surface area contributed by atoms with E-state index in [1.807, 2.05) is 0 Å². The number of benzene rings is 2. The molecule has 1 aliphatic rings. The van der Waals surface area contributed by atoms with Crippen molar-refractivity contribution in [2.75, 3.05) is 5.01 Å². The standard InChI is InChI=1S/C18H13N3O6/c1-11(22)27-16-8-7-14(21(25)26)9-12(16)10-15-17(23)19-20(18(15)24)13-5-3-2-4-6-13/h2-10H,1H3,(H,19,23). The number of hydrogen-bond acceptors (Lipinski definition) is 6. The maximum absolute atomic E-state index is 12.6. The normalized spacial score (nSPS) is 15.0. The van der Waals surface area contributed by atoms with Crippen LogP contribution in [0, 0.1) is 10.1 Å². The molecule has 27 heavy (non-hydrogen) atoms. The van der Waals surface area contributed by atoms with Gasteiger partial charge >= 0.3 is 5.97 Å². The summed E-state index contributed by atoms with van der Waals surface area (Å²) in [6, 6.07) is 12.0. The van der Waals surface area contributed by atoms with E-state index in [9.17, 15) is 24.5 Å². The van der Waals surface area contributed by atoms with E-state index in [2.05, 4.69) is 5.43 Å². The van der Waals surface area contributed by atoms with Gasteiger partial charge in [0, 0.05) is 24.6 Å². The number of non-ortho nitro benzene ring substituents is 1. The molecule has 0 aromatic heterocycles. The summed E-state index contributed by atoms with van der Waals surface area (Å²) < 4.78 is 5.01. The number of carbonyl (C=O) groups is 3. The number of carbonyl (C=O) groups excluding carboxylic acids is 3. The summed E-state index contributed by atoms with van der Waals surface area (Å²) in [7, 11) is 0. The maximum atomic E-state index is 12.6. The Labute approximate surface area is 153 Å². The first-order valence-corrected chi connectivity index (χ1v) is 7.76. The molecule has 1 N–H and O–H groups in total. The lowest BCUT2D eigenvalue weighted by Gasteiger charge is -2.13. The van der Waals surface area contributed by atoms with Gasteiger partial charge in [0.2, 0.25) is 0 Å². The second kappa shape index (κ2) is 7.08. The second-order valence-electron chi connectivity index (χ2n) is 5.55. The van der Waals surface area contributed by atoms with Gasteiger partial charge in [-0.3, -0.25) is 29.9 Å². The minimum Gasteiger partial charge on any atom is -0.426 e. The summed E-state index contributed by atoms with van der Waals surface area (Å²) in [4.78, 5) is 46.5. The number of anilines is 1. The number of ether oxygens (including phenoxy) is 1. The minimum atomic E-state index is -0.677. The molecule has 0 saturated carbocycles. The zero-order chi connectivity index (χ0) is 19.6. The molecule has 1 heterocycles. The number of hydrogen-bond donors (Lipinski definition) is 1. The van der Waals surface area contributed by atoms with E-state index in [0.717, 1.165) is 23.2 Å². The van der Waals surface area contributed by atoms with Crippen LogP contribution in [0.15, 0.2) is 54.1 Å². The highest BCUT2D eigenvalue weighted by atomic mass is 16.6. The fourth-order valence-electron chi connectivity index (χ4n) is 2.48. The molecule has 3 rings (SSSR count). The summed E-state index contributed by atoms with van der Waals surface area (Å²) in [6.45, 7) is 1.17. The summed E-state index contributed by atoms with van der Waals surface area (Å²) >= 11 is 0. The Balaban J connectivity index is 2.03. The van der Waals surface area contributed by atoms with E-state index in [0.29, 0.717) is 5.69 Å². The molecule has 9 nitrogen and oxygen atoms in total. The van der Waals surface area contributed by atoms with E-state index < -0.39 is 22.7 Å². The number of nitrogens with zero attached hydrogens (tertiary/aromatic N) is 2. The molecule has 1 aliphatic heterocycles. The van der Waals surface area contributed by atoms with Crippen LogP contribution in [0.5, 0.6) is 5.75 Å². The molecule has 9 heteroatoms.